The highest BCUT2D eigenvalue weighted by molar-refractivity contribution is 6.06. The standard InChI is InChI=1S/C18H17FN2O/c1-2-21(12-13-6-4-3-5-7-13)18(22)16-11-20-17-9-8-14(19)10-15(16)17/h3-11,20H,2,12H2,1H3. The Morgan fingerprint density at radius 1 is 1.18 bits per heavy atom. The maximum Gasteiger partial charge on any atom is 0.256 e. The van der Waals surface area contributed by atoms with Crippen molar-refractivity contribution >= 4 is 16.8 Å². The molecule has 0 saturated heterocycles. The smallest absolute Gasteiger partial charge is 0.256 e. The average Bonchev–Trinajstić information content (AvgIpc) is 2.96. The molecule has 0 aliphatic rings. The number of aromatic nitrogens is 1. The molecule has 1 heterocycles. The lowest BCUT2D eigenvalue weighted by Crippen LogP contribution is -2.30. The van der Waals surface area contributed by atoms with E-state index in [2.05, 4.69) is 4.98 Å². The molecule has 0 bridgehead atoms. The zero-order valence-corrected chi connectivity index (χ0v) is 12.3. The number of aromatic amines is 1. The molecule has 112 valence electrons. The van der Waals surface area contributed by atoms with E-state index in [9.17, 15) is 9.18 Å². The van der Waals surface area contributed by atoms with E-state index in [1.165, 1.54) is 12.1 Å². The van der Waals surface area contributed by atoms with Gasteiger partial charge in [0.05, 0.1) is 5.56 Å². The zero-order chi connectivity index (χ0) is 15.5. The first-order chi connectivity index (χ1) is 10.7. The van der Waals surface area contributed by atoms with E-state index < -0.39 is 0 Å². The predicted molar refractivity (Wildman–Crippen MR) is 85.1 cm³/mol. The van der Waals surface area contributed by atoms with Crippen LogP contribution >= 0.6 is 0 Å². The van der Waals surface area contributed by atoms with Crippen LogP contribution in [0.1, 0.15) is 22.8 Å². The van der Waals surface area contributed by atoms with E-state index in [0.717, 1.165) is 11.1 Å². The maximum absolute atomic E-state index is 13.4. The van der Waals surface area contributed by atoms with E-state index in [1.807, 2.05) is 37.3 Å². The molecule has 1 N–H and O–H groups in total. The Bertz CT molecular complexity index is 795. The minimum absolute atomic E-state index is 0.0943. The molecule has 0 unspecified atom stereocenters. The van der Waals surface area contributed by atoms with Gasteiger partial charge in [0, 0.05) is 30.2 Å². The number of hydrogen-bond acceptors (Lipinski definition) is 1. The van der Waals surface area contributed by atoms with Gasteiger partial charge in [-0.05, 0) is 30.7 Å². The summed E-state index contributed by atoms with van der Waals surface area (Å²) >= 11 is 0. The van der Waals surface area contributed by atoms with Gasteiger partial charge in [0.25, 0.3) is 5.91 Å². The second kappa shape index (κ2) is 6.02. The molecule has 0 radical (unpaired) electrons. The fraction of sp³-hybridized carbons (Fsp3) is 0.167. The van der Waals surface area contributed by atoms with Gasteiger partial charge in [0.15, 0.2) is 0 Å². The minimum Gasteiger partial charge on any atom is -0.360 e. The largest absolute Gasteiger partial charge is 0.360 e. The molecule has 0 spiro atoms. The summed E-state index contributed by atoms with van der Waals surface area (Å²) in [7, 11) is 0. The Morgan fingerprint density at radius 3 is 2.68 bits per heavy atom. The number of amides is 1. The Morgan fingerprint density at radius 2 is 1.95 bits per heavy atom. The van der Waals surface area contributed by atoms with Crippen LogP contribution in [0, 0.1) is 5.82 Å². The molecule has 0 aliphatic carbocycles. The molecule has 2 aromatic carbocycles. The predicted octanol–water partition coefficient (Wildman–Crippen LogP) is 3.97. The van der Waals surface area contributed by atoms with Crippen LogP contribution in [0.4, 0.5) is 4.39 Å². The van der Waals surface area contributed by atoms with E-state index in [0.29, 0.717) is 24.0 Å². The van der Waals surface area contributed by atoms with Gasteiger partial charge in [-0.25, -0.2) is 4.39 Å². The third kappa shape index (κ3) is 2.72. The molecule has 0 atom stereocenters. The molecule has 3 nitrogen and oxygen atoms in total. The third-order valence-electron chi connectivity index (χ3n) is 3.76. The highest BCUT2D eigenvalue weighted by Gasteiger charge is 2.18. The van der Waals surface area contributed by atoms with Crippen LogP contribution in [-0.2, 0) is 6.54 Å². The molecule has 3 rings (SSSR count). The Hall–Kier alpha value is -2.62. The van der Waals surface area contributed by atoms with E-state index in [4.69, 9.17) is 0 Å². The van der Waals surface area contributed by atoms with Crippen LogP contribution in [0.2, 0.25) is 0 Å². The zero-order valence-electron chi connectivity index (χ0n) is 12.3. The minimum atomic E-state index is -0.341. The van der Waals surface area contributed by atoms with Crippen molar-refractivity contribution in [3.63, 3.8) is 0 Å². The van der Waals surface area contributed by atoms with Crippen LogP contribution in [0.25, 0.3) is 10.9 Å². The second-order valence-electron chi connectivity index (χ2n) is 5.20. The van der Waals surface area contributed by atoms with Gasteiger partial charge in [-0.2, -0.15) is 0 Å². The van der Waals surface area contributed by atoms with E-state index in [1.54, 1.807) is 17.2 Å². The molecule has 0 fully saturated rings. The number of rotatable bonds is 4. The molecule has 1 amide bonds. The Balaban J connectivity index is 1.91. The number of nitrogens with one attached hydrogen (secondary N) is 1. The monoisotopic (exact) mass is 296 g/mol. The molecular formula is C18H17FN2O. The number of H-pyrrole nitrogens is 1. The first-order valence-corrected chi connectivity index (χ1v) is 7.29. The summed E-state index contributed by atoms with van der Waals surface area (Å²) in [6, 6.07) is 14.3. The average molecular weight is 296 g/mol. The molecule has 0 aliphatic heterocycles. The second-order valence-corrected chi connectivity index (χ2v) is 5.20. The van der Waals surface area contributed by atoms with Crippen molar-refractivity contribution in [1.29, 1.82) is 0 Å². The number of benzene rings is 2. The van der Waals surface area contributed by atoms with E-state index in [-0.39, 0.29) is 11.7 Å². The maximum atomic E-state index is 13.4. The number of carbonyl (C=O) groups excluding carboxylic acids is 1. The summed E-state index contributed by atoms with van der Waals surface area (Å²) in [6.07, 6.45) is 1.65. The third-order valence-corrected chi connectivity index (χ3v) is 3.76. The Labute approximate surface area is 128 Å². The van der Waals surface area contributed by atoms with Crippen LogP contribution in [0.15, 0.2) is 54.7 Å². The van der Waals surface area contributed by atoms with Gasteiger partial charge in [-0.15, -0.1) is 0 Å². The van der Waals surface area contributed by atoms with Gasteiger partial charge in [0.2, 0.25) is 0 Å². The molecule has 1 aromatic heterocycles. The summed E-state index contributed by atoms with van der Waals surface area (Å²) in [5.41, 5.74) is 2.34. The fourth-order valence-corrected chi connectivity index (χ4v) is 2.57. The highest BCUT2D eigenvalue weighted by Crippen LogP contribution is 2.21. The number of carbonyl (C=O) groups is 1. The van der Waals surface area contributed by atoms with Gasteiger partial charge in [0.1, 0.15) is 5.82 Å². The van der Waals surface area contributed by atoms with Gasteiger partial charge in [-0.3, -0.25) is 4.79 Å². The van der Waals surface area contributed by atoms with Crippen molar-refractivity contribution in [2.24, 2.45) is 0 Å². The van der Waals surface area contributed by atoms with Gasteiger partial charge in [-0.1, -0.05) is 30.3 Å². The normalized spacial score (nSPS) is 10.8. The summed E-state index contributed by atoms with van der Waals surface area (Å²) in [4.78, 5) is 17.5. The molecule has 0 saturated carbocycles. The molecule has 3 aromatic rings. The molecule has 22 heavy (non-hydrogen) atoms. The first-order valence-electron chi connectivity index (χ1n) is 7.29. The Kier molecular flexibility index (Phi) is 3.92. The van der Waals surface area contributed by atoms with Crippen molar-refractivity contribution < 1.29 is 9.18 Å². The summed E-state index contributed by atoms with van der Waals surface area (Å²) < 4.78 is 13.4. The van der Waals surface area contributed by atoms with Gasteiger partial charge < -0.3 is 9.88 Å². The summed E-state index contributed by atoms with van der Waals surface area (Å²) in [5.74, 6) is -0.435. The van der Waals surface area contributed by atoms with Crippen molar-refractivity contribution in [3.8, 4) is 0 Å². The lowest BCUT2D eigenvalue weighted by molar-refractivity contribution is 0.0754. The topological polar surface area (TPSA) is 36.1 Å². The van der Waals surface area contributed by atoms with Crippen LogP contribution < -0.4 is 0 Å². The fourth-order valence-electron chi connectivity index (χ4n) is 2.57. The van der Waals surface area contributed by atoms with Crippen molar-refractivity contribution in [3.05, 3.63) is 71.7 Å². The summed E-state index contributed by atoms with van der Waals surface area (Å²) in [5, 5.41) is 0.622. The first kappa shape index (κ1) is 14.3. The lowest BCUT2D eigenvalue weighted by atomic mass is 10.1. The number of halogens is 1. The lowest BCUT2D eigenvalue weighted by Gasteiger charge is -2.20. The van der Waals surface area contributed by atoms with Crippen LogP contribution in [0.3, 0.4) is 0 Å². The van der Waals surface area contributed by atoms with Gasteiger partial charge >= 0.3 is 0 Å². The molecule has 4 heteroatoms. The van der Waals surface area contributed by atoms with Crippen LogP contribution in [-0.4, -0.2) is 22.3 Å². The quantitative estimate of drug-likeness (QED) is 0.777. The van der Waals surface area contributed by atoms with Crippen LogP contribution in [0.5, 0.6) is 0 Å². The SMILES string of the molecule is CCN(Cc1ccccc1)C(=O)c1c[nH]c2ccc(F)cc12. The highest BCUT2D eigenvalue weighted by atomic mass is 19.1. The summed E-state index contributed by atoms with van der Waals surface area (Å²) in [6.45, 7) is 3.07. The van der Waals surface area contributed by atoms with E-state index >= 15 is 0 Å². The molecular weight excluding hydrogens is 279 g/mol. The number of hydrogen-bond donors (Lipinski definition) is 1. The van der Waals surface area contributed by atoms with Crippen molar-refractivity contribution in [1.82, 2.24) is 9.88 Å². The van der Waals surface area contributed by atoms with Crippen molar-refractivity contribution in [2.75, 3.05) is 6.54 Å². The number of nitrogens with zero attached hydrogens (tertiary/aromatic N) is 1. The van der Waals surface area contributed by atoms with Crippen molar-refractivity contribution in [2.45, 2.75) is 13.5 Å². The number of fused-ring (bicyclic) bond motifs is 1.